The molecular weight excluding hydrogens is 218 g/mol. The predicted octanol–water partition coefficient (Wildman–Crippen LogP) is 1.26. The zero-order chi connectivity index (χ0) is 11.8. The molecule has 0 radical (unpaired) electrons. The minimum atomic E-state index is 0.0532. The van der Waals surface area contributed by atoms with E-state index < -0.39 is 0 Å². The Morgan fingerprint density at radius 3 is 3.18 bits per heavy atom. The molecule has 1 N–H and O–H groups in total. The number of aromatic hydroxyl groups is 1. The van der Waals surface area contributed by atoms with Gasteiger partial charge in [-0.2, -0.15) is 0 Å². The second kappa shape index (κ2) is 3.92. The first-order valence-corrected chi connectivity index (χ1v) is 5.77. The van der Waals surface area contributed by atoms with Crippen molar-refractivity contribution < 1.29 is 9.84 Å². The van der Waals surface area contributed by atoms with Gasteiger partial charge in [0, 0.05) is 19.2 Å². The summed E-state index contributed by atoms with van der Waals surface area (Å²) in [4.78, 5) is 2.27. The standard InChI is InChI=1S/C12H15N3O2/c1-9-7-14(4-5-17-9)11-3-2-10-6-12(16)13-15(10)8-11/h2-3,6,8-9H,4-5,7H2,1H3,(H,13,16). The number of pyridine rings is 1. The molecule has 90 valence electrons. The highest BCUT2D eigenvalue weighted by molar-refractivity contribution is 5.56. The molecule has 5 nitrogen and oxygen atoms in total. The second-order valence-electron chi connectivity index (χ2n) is 4.39. The van der Waals surface area contributed by atoms with Gasteiger partial charge in [0.2, 0.25) is 5.88 Å². The third kappa shape index (κ3) is 1.93. The number of nitrogens with zero attached hydrogens (tertiary/aromatic N) is 3. The molecule has 3 heterocycles. The number of rotatable bonds is 1. The lowest BCUT2D eigenvalue weighted by atomic mass is 10.2. The minimum Gasteiger partial charge on any atom is -0.492 e. The van der Waals surface area contributed by atoms with Gasteiger partial charge < -0.3 is 14.7 Å². The second-order valence-corrected chi connectivity index (χ2v) is 4.39. The fraction of sp³-hybridized carbons (Fsp3) is 0.417. The van der Waals surface area contributed by atoms with Crippen molar-refractivity contribution in [3.8, 4) is 5.88 Å². The fourth-order valence-corrected chi connectivity index (χ4v) is 2.20. The Labute approximate surface area is 99.2 Å². The van der Waals surface area contributed by atoms with Gasteiger partial charge in [-0.1, -0.05) is 0 Å². The largest absolute Gasteiger partial charge is 0.492 e. The van der Waals surface area contributed by atoms with E-state index in [9.17, 15) is 5.11 Å². The van der Waals surface area contributed by atoms with Crippen molar-refractivity contribution in [2.75, 3.05) is 24.6 Å². The number of morpholine rings is 1. The summed E-state index contributed by atoms with van der Waals surface area (Å²) in [7, 11) is 0. The third-order valence-corrected chi connectivity index (χ3v) is 3.04. The average Bonchev–Trinajstić information content (AvgIpc) is 2.68. The van der Waals surface area contributed by atoms with Crippen LogP contribution in [0.1, 0.15) is 6.92 Å². The highest BCUT2D eigenvalue weighted by Crippen LogP contribution is 2.20. The average molecular weight is 233 g/mol. The number of aromatic nitrogens is 2. The smallest absolute Gasteiger partial charge is 0.231 e. The topological polar surface area (TPSA) is 50.0 Å². The Morgan fingerprint density at radius 2 is 2.35 bits per heavy atom. The molecule has 3 rings (SSSR count). The van der Waals surface area contributed by atoms with Crippen molar-refractivity contribution in [2.45, 2.75) is 13.0 Å². The number of ether oxygens (including phenoxy) is 1. The summed E-state index contributed by atoms with van der Waals surface area (Å²) < 4.78 is 7.22. The van der Waals surface area contributed by atoms with E-state index in [0.29, 0.717) is 0 Å². The molecule has 0 aliphatic carbocycles. The van der Waals surface area contributed by atoms with E-state index in [2.05, 4.69) is 23.0 Å². The predicted molar refractivity (Wildman–Crippen MR) is 64.5 cm³/mol. The summed E-state index contributed by atoms with van der Waals surface area (Å²) in [6.07, 6.45) is 2.19. The van der Waals surface area contributed by atoms with Crippen LogP contribution in [0.15, 0.2) is 24.4 Å². The number of hydrogen-bond donors (Lipinski definition) is 1. The van der Waals surface area contributed by atoms with E-state index in [1.807, 2.05) is 12.3 Å². The maximum atomic E-state index is 9.33. The molecular formula is C12H15N3O2. The zero-order valence-corrected chi connectivity index (χ0v) is 9.71. The lowest BCUT2D eigenvalue weighted by Crippen LogP contribution is -2.41. The molecule has 5 heteroatoms. The van der Waals surface area contributed by atoms with Crippen LogP contribution in [0.3, 0.4) is 0 Å². The summed E-state index contributed by atoms with van der Waals surface area (Å²) in [5.41, 5.74) is 2.00. The quantitative estimate of drug-likeness (QED) is 0.805. The van der Waals surface area contributed by atoms with Crippen LogP contribution in [0.2, 0.25) is 0 Å². The maximum Gasteiger partial charge on any atom is 0.231 e. The van der Waals surface area contributed by atoms with E-state index in [0.717, 1.165) is 30.9 Å². The van der Waals surface area contributed by atoms with E-state index in [1.165, 1.54) is 0 Å². The van der Waals surface area contributed by atoms with E-state index in [4.69, 9.17) is 4.74 Å². The van der Waals surface area contributed by atoms with Crippen LogP contribution in [0.25, 0.3) is 5.52 Å². The van der Waals surface area contributed by atoms with Gasteiger partial charge in [0.1, 0.15) is 0 Å². The van der Waals surface area contributed by atoms with Gasteiger partial charge in [-0.25, -0.2) is 4.52 Å². The summed E-state index contributed by atoms with van der Waals surface area (Å²) in [6, 6.07) is 5.66. The molecule has 1 fully saturated rings. The molecule has 1 saturated heterocycles. The molecule has 1 atom stereocenters. The Balaban J connectivity index is 1.94. The molecule has 17 heavy (non-hydrogen) atoms. The monoisotopic (exact) mass is 233 g/mol. The van der Waals surface area contributed by atoms with Crippen molar-refractivity contribution >= 4 is 11.2 Å². The van der Waals surface area contributed by atoms with E-state index in [-0.39, 0.29) is 12.0 Å². The first-order valence-electron chi connectivity index (χ1n) is 5.77. The molecule has 1 aliphatic rings. The molecule has 0 saturated carbocycles. The van der Waals surface area contributed by atoms with Crippen LogP contribution in [-0.2, 0) is 4.74 Å². The maximum absolute atomic E-state index is 9.33. The van der Waals surface area contributed by atoms with Gasteiger partial charge in [-0.3, -0.25) is 0 Å². The van der Waals surface area contributed by atoms with E-state index >= 15 is 0 Å². The van der Waals surface area contributed by atoms with Gasteiger partial charge in [-0.15, -0.1) is 5.10 Å². The lowest BCUT2D eigenvalue weighted by molar-refractivity contribution is 0.0532. The Bertz CT molecular complexity index is 538. The van der Waals surface area contributed by atoms with Gasteiger partial charge in [0.25, 0.3) is 0 Å². The molecule has 0 bridgehead atoms. The number of hydrogen-bond acceptors (Lipinski definition) is 4. The third-order valence-electron chi connectivity index (χ3n) is 3.04. The zero-order valence-electron chi connectivity index (χ0n) is 9.71. The minimum absolute atomic E-state index is 0.0532. The molecule has 2 aromatic rings. The van der Waals surface area contributed by atoms with Crippen molar-refractivity contribution in [3.63, 3.8) is 0 Å². The Hall–Kier alpha value is -1.75. The van der Waals surface area contributed by atoms with Crippen LogP contribution in [0.4, 0.5) is 5.69 Å². The normalized spacial score (nSPS) is 21.0. The molecule has 0 amide bonds. The lowest BCUT2D eigenvalue weighted by Gasteiger charge is -2.32. The molecule has 1 unspecified atom stereocenters. The van der Waals surface area contributed by atoms with Crippen molar-refractivity contribution in [3.05, 3.63) is 24.4 Å². The van der Waals surface area contributed by atoms with Gasteiger partial charge in [-0.05, 0) is 19.1 Å². The molecule has 0 spiro atoms. The van der Waals surface area contributed by atoms with Crippen LogP contribution < -0.4 is 4.90 Å². The summed E-state index contributed by atoms with van der Waals surface area (Å²) in [5.74, 6) is 0.0532. The Morgan fingerprint density at radius 1 is 1.47 bits per heavy atom. The summed E-state index contributed by atoms with van der Waals surface area (Å²) in [5, 5.41) is 13.3. The molecule has 0 aromatic carbocycles. The van der Waals surface area contributed by atoms with Crippen LogP contribution in [0, 0.1) is 0 Å². The first kappa shape index (κ1) is 10.4. The first-order chi connectivity index (χ1) is 8.22. The fourth-order valence-electron chi connectivity index (χ4n) is 2.20. The summed E-state index contributed by atoms with van der Waals surface area (Å²) in [6.45, 7) is 4.61. The van der Waals surface area contributed by atoms with E-state index in [1.54, 1.807) is 10.6 Å². The van der Waals surface area contributed by atoms with Gasteiger partial charge in [0.15, 0.2) is 0 Å². The van der Waals surface area contributed by atoms with Gasteiger partial charge in [0.05, 0.1) is 30.1 Å². The number of anilines is 1. The Kier molecular flexibility index (Phi) is 2.40. The van der Waals surface area contributed by atoms with Crippen LogP contribution in [-0.4, -0.2) is 40.5 Å². The van der Waals surface area contributed by atoms with Gasteiger partial charge >= 0.3 is 0 Å². The summed E-state index contributed by atoms with van der Waals surface area (Å²) >= 11 is 0. The SMILES string of the molecule is CC1CN(c2ccc3cc(O)nn3c2)CCO1. The molecule has 1 aliphatic heterocycles. The van der Waals surface area contributed by atoms with Crippen molar-refractivity contribution in [2.24, 2.45) is 0 Å². The van der Waals surface area contributed by atoms with Crippen LogP contribution in [0.5, 0.6) is 5.88 Å². The van der Waals surface area contributed by atoms with Crippen LogP contribution >= 0.6 is 0 Å². The highest BCUT2D eigenvalue weighted by atomic mass is 16.5. The number of fused-ring (bicyclic) bond motifs is 1. The molecule has 2 aromatic heterocycles. The highest BCUT2D eigenvalue weighted by Gasteiger charge is 2.17. The van der Waals surface area contributed by atoms with Crippen molar-refractivity contribution in [1.29, 1.82) is 0 Å². The van der Waals surface area contributed by atoms with Crippen molar-refractivity contribution in [1.82, 2.24) is 9.61 Å².